The first-order chi connectivity index (χ1) is 15.7. The van der Waals surface area contributed by atoms with Gasteiger partial charge in [0.25, 0.3) is 5.95 Å². The van der Waals surface area contributed by atoms with E-state index in [0.717, 1.165) is 32.6 Å². The largest absolute Gasteiger partial charge is 0.272 e. The SMILES string of the molecule is S=c1[nH]nc(-n2nc(-c3ccccc3)cc2-c2ccccc2)n1N=Cc1ccc(Br)cc1. The van der Waals surface area contributed by atoms with Crippen LogP contribution in [0.1, 0.15) is 5.56 Å². The Bertz CT molecular complexity index is 1430. The molecule has 0 unspecified atom stereocenters. The maximum Gasteiger partial charge on any atom is 0.272 e. The van der Waals surface area contributed by atoms with Gasteiger partial charge in [0, 0.05) is 15.6 Å². The second-order valence-electron chi connectivity index (χ2n) is 7.00. The lowest BCUT2D eigenvalue weighted by atomic mass is 10.1. The summed E-state index contributed by atoms with van der Waals surface area (Å²) < 4.78 is 4.73. The third kappa shape index (κ3) is 4.10. The molecule has 8 heteroatoms. The summed E-state index contributed by atoms with van der Waals surface area (Å²) in [7, 11) is 0. The van der Waals surface area contributed by atoms with E-state index < -0.39 is 0 Å². The third-order valence-electron chi connectivity index (χ3n) is 4.86. The average Bonchev–Trinajstić information content (AvgIpc) is 3.43. The first kappa shape index (κ1) is 20.3. The zero-order valence-electron chi connectivity index (χ0n) is 16.8. The summed E-state index contributed by atoms with van der Waals surface area (Å²) in [6, 6.07) is 30.0. The van der Waals surface area contributed by atoms with Gasteiger partial charge in [0.2, 0.25) is 4.77 Å². The molecular weight excluding hydrogens is 484 g/mol. The van der Waals surface area contributed by atoms with Gasteiger partial charge in [-0.25, -0.2) is 5.10 Å². The van der Waals surface area contributed by atoms with Crippen LogP contribution in [0.2, 0.25) is 0 Å². The lowest BCUT2D eigenvalue weighted by molar-refractivity contribution is 0.741. The predicted molar refractivity (Wildman–Crippen MR) is 133 cm³/mol. The number of aromatic nitrogens is 5. The second kappa shape index (κ2) is 8.86. The van der Waals surface area contributed by atoms with E-state index in [1.807, 2.05) is 91.0 Å². The number of hydrogen-bond donors (Lipinski definition) is 1. The zero-order valence-corrected chi connectivity index (χ0v) is 19.2. The van der Waals surface area contributed by atoms with E-state index in [4.69, 9.17) is 17.3 Å². The standard InChI is InChI=1S/C24H17BrN6S/c25-20-13-11-17(12-14-20)16-26-31-23(27-28-24(31)32)30-22(19-9-5-2-6-10-19)15-21(29-30)18-7-3-1-4-8-18/h1-16H,(H,28,32). The second-order valence-corrected chi connectivity index (χ2v) is 8.30. The smallest absolute Gasteiger partial charge is 0.248 e. The molecule has 0 aliphatic rings. The molecule has 32 heavy (non-hydrogen) atoms. The first-order valence-electron chi connectivity index (χ1n) is 9.88. The van der Waals surface area contributed by atoms with E-state index in [1.54, 1.807) is 15.6 Å². The van der Waals surface area contributed by atoms with Crippen LogP contribution in [-0.2, 0) is 0 Å². The summed E-state index contributed by atoms with van der Waals surface area (Å²) in [5.41, 5.74) is 4.69. The van der Waals surface area contributed by atoms with Crippen LogP contribution in [0.15, 0.2) is 101 Å². The van der Waals surface area contributed by atoms with Gasteiger partial charge >= 0.3 is 0 Å². The van der Waals surface area contributed by atoms with Gasteiger partial charge in [-0.3, -0.25) is 0 Å². The van der Waals surface area contributed by atoms with Crippen LogP contribution >= 0.6 is 28.1 Å². The Kier molecular flexibility index (Phi) is 5.62. The highest BCUT2D eigenvalue weighted by molar-refractivity contribution is 9.10. The fourth-order valence-corrected chi connectivity index (χ4v) is 3.73. The normalized spacial score (nSPS) is 11.3. The minimum absolute atomic E-state index is 0.379. The highest BCUT2D eigenvalue weighted by Gasteiger charge is 2.17. The summed E-state index contributed by atoms with van der Waals surface area (Å²) in [4.78, 5) is 0. The zero-order chi connectivity index (χ0) is 21.9. The number of H-pyrrole nitrogens is 1. The molecule has 0 amide bonds. The number of nitrogens with one attached hydrogen (secondary N) is 1. The monoisotopic (exact) mass is 500 g/mol. The molecule has 0 saturated carbocycles. The third-order valence-corrected chi connectivity index (χ3v) is 5.66. The predicted octanol–water partition coefficient (Wildman–Crippen LogP) is 6.11. The molecule has 0 aliphatic heterocycles. The van der Waals surface area contributed by atoms with Gasteiger partial charge in [0.1, 0.15) is 0 Å². The number of hydrogen-bond acceptors (Lipinski definition) is 4. The van der Waals surface area contributed by atoms with Crippen LogP contribution in [0.5, 0.6) is 0 Å². The van der Waals surface area contributed by atoms with Gasteiger partial charge in [0.05, 0.1) is 17.6 Å². The van der Waals surface area contributed by atoms with Crippen molar-refractivity contribution in [3.8, 4) is 28.5 Å². The van der Waals surface area contributed by atoms with E-state index in [1.165, 1.54) is 0 Å². The number of nitrogens with zero attached hydrogens (tertiary/aromatic N) is 5. The van der Waals surface area contributed by atoms with Gasteiger partial charge in [-0.05, 0) is 36.0 Å². The molecule has 0 atom stereocenters. The maximum absolute atomic E-state index is 5.45. The topological polar surface area (TPSA) is 63.8 Å². The quantitative estimate of drug-likeness (QED) is 0.234. The molecule has 0 radical (unpaired) electrons. The van der Waals surface area contributed by atoms with Gasteiger partial charge in [-0.15, -0.1) is 5.10 Å². The van der Waals surface area contributed by atoms with Crippen molar-refractivity contribution < 1.29 is 0 Å². The van der Waals surface area contributed by atoms with E-state index in [9.17, 15) is 0 Å². The Balaban J connectivity index is 1.64. The molecule has 5 rings (SSSR count). The van der Waals surface area contributed by atoms with Crippen molar-refractivity contribution in [3.63, 3.8) is 0 Å². The first-order valence-corrected chi connectivity index (χ1v) is 11.1. The van der Waals surface area contributed by atoms with Crippen LogP contribution < -0.4 is 0 Å². The molecule has 3 aromatic carbocycles. The molecule has 2 heterocycles. The fraction of sp³-hybridized carbons (Fsp3) is 0. The van der Waals surface area contributed by atoms with Crippen LogP contribution in [0.4, 0.5) is 0 Å². The molecule has 5 aromatic rings. The molecule has 0 spiro atoms. The molecule has 6 nitrogen and oxygen atoms in total. The minimum atomic E-state index is 0.379. The highest BCUT2D eigenvalue weighted by Crippen LogP contribution is 2.28. The molecule has 156 valence electrons. The molecule has 0 fully saturated rings. The van der Waals surface area contributed by atoms with Gasteiger partial charge in [-0.2, -0.15) is 19.6 Å². The van der Waals surface area contributed by atoms with Crippen molar-refractivity contribution in [1.82, 2.24) is 24.7 Å². The number of benzene rings is 3. The molecule has 0 bridgehead atoms. The Morgan fingerprint density at radius 1 is 0.875 bits per heavy atom. The molecule has 0 saturated heterocycles. The molecule has 0 aliphatic carbocycles. The molecular formula is C24H17BrN6S. The summed E-state index contributed by atoms with van der Waals surface area (Å²) in [6.07, 6.45) is 1.74. The van der Waals surface area contributed by atoms with Crippen molar-refractivity contribution in [2.45, 2.75) is 0 Å². The van der Waals surface area contributed by atoms with Crippen molar-refractivity contribution >= 4 is 34.4 Å². The number of halogens is 1. The molecule has 2 aromatic heterocycles. The van der Waals surface area contributed by atoms with Crippen LogP contribution in [0.25, 0.3) is 28.5 Å². The van der Waals surface area contributed by atoms with E-state index >= 15 is 0 Å². The fourth-order valence-electron chi connectivity index (χ4n) is 3.30. The van der Waals surface area contributed by atoms with Crippen LogP contribution in [0, 0.1) is 4.77 Å². The van der Waals surface area contributed by atoms with Gasteiger partial charge < -0.3 is 0 Å². The van der Waals surface area contributed by atoms with E-state index in [2.05, 4.69) is 31.2 Å². The maximum atomic E-state index is 5.45. The number of aromatic amines is 1. The summed E-state index contributed by atoms with van der Waals surface area (Å²) in [6.45, 7) is 0. The Labute approximate surface area is 198 Å². The highest BCUT2D eigenvalue weighted by atomic mass is 79.9. The van der Waals surface area contributed by atoms with Gasteiger partial charge in [0.15, 0.2) is 0 Å². The lowest BCUT2D eigenvalue weighted by Crippen LogP contribution is -2.07. The average molecular weight is 501 g/mol. The van der Waals surface area contributed by atoms with Crippen LogP contribution in [0.3, 0.4) is 0 Å². The number of rotatable bonds is 5. The van der Waals surface area contributed by atoms with Crippen molar-refractivity contribution in [2.75, 3.05) is 0 Å². The summed E-state index contributed by atoms with van der Waals surface area (Å²) in [5.74, 6) is 0.476. The summed E-state index contributed by atoms with van der Waals surface area (Å²) in [5, 5.41) is 16.7. The van der Waals surface area contributed by atoms with Gasteiger partial charge in [-0.1, -0.05) is 88.7 Å². The van der Waals surface area contributed by atoms with Crippen LogP contribution in [-0.4, -0.2) is 30.9 Å². The van der Waals surface area contributed by atoms with Crippen molar-refractivity contribution in [1.29, 1.82) is 0 Å². The Morgan fingerprint density at radius 2 is 1.53 bits per heavy atom. The summed E-state index contributed by atoms with van der Waals surface area (Å²) >= 11 is 8.90. The van der Waals surface area contributed by atoms with Crippen molar-refractivity contribution in [2.24, 2.45) is 5.10 Å². The molecule has 1 N–H and O–H groups in total. The van der Waals surface area contributed by atoms with E-state index in [0.29, 0.717) is 10.7 Å². The van der Waals surface area contributed by atoms with E-state index in [-0.39, 0.29) is 0 Å². The minimum Gasteiger partial charge on any atom is -0.248 e. The van der Waals surface area contributed by atoms with Crippen molar-refractivity contribution in [3.05, 3.63) is 106 Å². The Morgan fingerprint density at radius 3 is 2.22 bits per heavy atom. The lowest BCUT2D eigenvalue weighted by Gasteiger charge is -2.06. The Hall–Kier alpha value is -3.62.